The predicted octanol–water partition coefficient (Wildman–Crippen LogP) is -1.10. The van der Waals surface area contributed by atoms with E-state index in [1.807, 2.05) is 0 Å². The first-order valence-corrected chi connectivity index (χ1v) is 2.81. The topological polar surface area (TPSA) is 93.1 Å². The first-order valence-electron chi connectivity index (χ1n) is 2.81. The molecule has 0 spiro atoms. The fourth-order valence-corrected chi connectivity index (χ4v) is 0.762. The summed E-state index contributed by atoms with van der Waals surface area (Å²) in [6, 6.07) is 0. The van der Waals surface area contributed by atoms with Crippen LogP contribution < -0.4 is 0 Å². The lowest BCUT2D eigenvalue weighted by atomic mass is 10.2. The summed E-state index contributed by atoms with van der Waals surface area (Å²) in [7, 11) is 0. The van der Waals surface area contributed by atoms with Crippen molar-refractivity contribution in [2.45, 2.75) is 12.2 Å². The molecule has 2 N–H and O–H groups in total. The second-order valence-electron chi connectivity index (χ2n) is 1.97. The van der Waals surface area contributed by atoms with E-state index in [1.54, 1.807) is 0 Å². The summed E-state index contributed by atoms with van der Waals surface area (Å²) in [6.45, 7) is -0.284. The largest absolute Gasteiger partial charge is 0.479 e. The molecule has 0 saturated carbocycles. The van der Waals surface area contributed by atoms with Gasteiger partial charge in [-0.15, -0.1) is 0 Å². The molecular formula is C5H6O6. The van der Waals surface area contributed by atoms with Crippen LogP contribution in [0.25, 0.3) is 0 Å². The molecule has 1 aliphatic heterocycles. The van der Waals surface area contributed by atoms with Crippen LogP contribution in [0.15, 0.2) is 0 Å². The third kappa shape index (κ3) is 1.47. The molecular weight excluding hydrogens is 156 g/mol. The molecule has 1 saturated heterocycles. The van der Waals surface area contributed by atoms with Crippen LogP contribution in [0.2, 0.25) is 0 Å². The predicted molar refractivity (Wildman–Crippen MR) is 29.9 cm³/mol. The SMILES string of the molecule is O=C(O)C1OCOC1C(=O)O. The van der Waals surface area contributed by atoms with E-state index in [9.17, 15) is 9.59 Å². The highest BCUT2D eigenvalue weighted by atomic mass is 16.7. The quantitative estimate of drug-likeness (QED) is 0.535. The van der Waals surface area contributed by atoms with Crippen molar-refractivity contribution in [3.05, 3.63) is 0 Å². The van der Waals surface area contributed by atoms with Crippen molar-refractivity contribution in [3.63, 3.8) is 0 Å². The molecule has 2 unspecified atom stereocenters. The monoisotopic (exact) mass is 162 g/mol. The summed E-state index contributed by atoms with van der Waals surface area (Å²) >= 11 is 0. The van der Waals surface area contributed by atoms with Gasteiger partial charge < -0.3 is 19.7 Å². The molecule has 6 nitrogen and oxygen atoms in total. The maximum Gasteiger partial charge on any atom is 0.336 e. The summed E-state index contributed by atoms with van der Waals surface area (Å²) in [5, 5.41) is 16.7. The van der Waals surface area contributed by atoms with Gasteiger partial charge in [-0.3, -0.25) is 0 Å². The molecule has 0 aromatic heterocycles. The van der Waals surface area contributed by atoms with Crippen molar-refractivity contribution in [2.75, 3.05) is 6.79 Å². The van der Waals surface area contributed by atoms with Gasteiger partial charge in [-0.2, -0.15) is 0 Å². The fourth-order valence-electron chi connectivity index (χ4n) is 0.762. The summed E-state index contributed by atoms with van der Waals surface area (Å²) in [4.78, 5) is 20.5. The van der Waals surface area contributed by atoms with Crippen LogP contribution >= 0.6 is 0 Å². The molecule has 1 heterocycles. The Hall–Kier alpha value is -1.14. The minimum Gasteiger partial charge on any atom is -0.479 e. The van der Waals surface area contributed by atoms with Crippen LogP contribution in [0.1, 0.15) is 0 Å². The van der Waals surface area contributed by atoms with E-state index in [0.717, 1.165) is 0 Å². The lowest BCUT2D eigenvalue weighted by molar-refractivity contribution is -0.156. The van der Waals surface area contributed by atoms with E-state index >= 15 is 0 Å². The van der Waals surface area contributed by atoms with Crippen LogP contribution in [0.4, 0.5) is 0 Å². The van der Waals surface area contributed by atoms with Crippen LogP contribution in [-0.2, 0) is 19.1 Å². The van der Waals surface area contributed by atoms with Gasteiger partial charge >= 0.3 is 11.9 Å². The number of hydrogen-bond acceptors (Lipinski definition) is 4. The molecule has 0 amide bonds. The van der Waals surface area contributed by atoms with Gasteiger partial charge in [-0.05, 0) is 0 Å². The van der Waals surface area contributed by atoms with E-state index < -0.39 is 24.1 Å². The summed E-state index contributed by atoms with van der Waals surface area (Å²) in [5.74, 6) is -2.65. The van der Waals surface area contributed by atoms with Crippen molar-refractivity contribution in [3.8, 4) is 0 Å². The Labute approximate surface area is 61.3 Å². The van der Waals surface area contributed by atoms with Gasteiger partial charge in [0.05, 0.1) is 0 Å². The fraction of sp³-hybridized carbons (Fsp3) is 0.600. The first-order chi connectivity index (χ1) is 5.13. The van der Waals surface area contributed by atoms with Crippen LogP contribution in [-0.4, -0.2) is 41.2 Å². The molecule has 2 atom stereocenters. The number of hydrogen-bond donors (Lipinski definition) is 2. The van der Waals surface area contributed by atoms with Crippen LogP contribution in [0.5, 0.6) is 0 Å². The molecule has 0 aromatic carbocycles. The van der Waals surface area contributed by atoms with Crippen molar-refractivity contribution in [1.29, 1.82) is 0 Å². The van der Waals surface area contributed by atoms with Gasteiger partial charge in [0.1, 0.15) is 6.79 Å². The maximum atomic E-state index is 10.2. The van der Waals surface area contributed by atoms with E-state index in [2.05, 4.69) is 9.47 Å². The molecule has 1 aliphatic rings. The standard InChI is InChI=1S/C5H6O6/c6-4(7)2-3(5(8)9)11-1-10-2/h2-3H,1H2,(H,6,7)(H,8,9). The molecule has 0 bridgehead atoms. The number of carbonyl (C=O) groups is 2. The smallest absolute Gasteiger partial charge is 0.336 e. The second kappa shape index (κ2) is 2.85. The molecule has 1 fully saturated rings. The van der Waals surface area contributed by atoms with Crippen LogP contribution in [0, 0.1) is 0 Å². The Morgan fingerprint density at radius 1 is 1.09 bits per heavy atom. The highest BCUT2D eigenvalue weighted by Gasteiger charge is 2.40. The number of rotatable bonds is 2. The first kappa shape index (κ1) is 7.96. The van der Waals surface area contributed by atoms with E-state index in [-0.39, 0.29) is 6.79 Å². The van der Waals surface area contributed by atoms with Gasteiger partial charge in [-0.25, -0.2) is 9.59 Å². The third-order valence-corrected chi connectivity index (χ3v) is 1.26. The van der Waals surface area contributed by atoms with Gasteiger partial charge in [-0.1, -0.05) is 0 Å². The van der Waals surface area contributed by atoms with Crippen molar-refractivity contribution >= 4 is 11.9 Å². The van der Waals surface area contributed by atoms with Crippen LogP contribution in [0.3, 0.4) is 0 Å². The highest BCUT2D eigenvalue weighted by molar-refractivity contribution is 5.83. The zero-order chi connectivity index (χ0) is 8.43. The molecule has 0 aliphatic carbocycles. The van der Waals surface area contributed by atoms with E-state index in [4.69, 9.17) is 10.2 Å². The van der Waals surface area contributed by atoms with Gasteiger partial charge in [0.2, 0.25) is 0 Å². The minimum absolute atomic E-state index is 0.284. The Bertz CT molecular complexity index is 167. The van der Waals surface area contributed by atoms with E-state index in [1.165, 1.54) is 0 Å². The van der Waals surface area contributed by atoms with E-state index in [0.29, 0.717) is 0 Å². The van der Waals surface area contributed by atoms with Gasteiger partial charge in [0.15, 0.2) is 12.2 Å². The second-order valence-corrected chi connectivity index (χ2v) is 1.97. The highest BCUT2D eigenvalue weighted by Crippen LogP contribution is 2.12. The van der Waals surface area contributed by atoms with Crippen molar-refractivity contribution < 1.29 is 29.3 Å². The number of carboxylic acids is 2. The normalized spacial score (nSPS) is 30.2. The van der Waals surface area contributed by atoms with Crippen molar-refractivity contribution in [2.24, 2.45) is 0 Å². The lowest BCUT2D eigenvalue weighted by Gasteiger charge is -2.06. The average molecular weight is 162 g/mol. The zero-order valence-corrected chi connectivity index (χ0v) is 5.39. The zero-order valence-electron chi connectivity index (χ0n) is 5.39. The molecule has 11 heavy (non-hydrogen) atoms. The third-order valence-electron chi connectivity index (χ3n) is 1.26. The molecule has 62 valence electrons. The molecule has 0 radical (unpaired) electrons. The molecule has 0 aromatic rings. The molecule has 6 heteroatoms. The Morgan fingerprint density at radius 3 is 1.73 bits per heavy atom. The number of aliphatic carboxylic acids is 2. The Balaban J connectivity index is 2.65. The summed E-state index contributed by atoms with van der Waals surface area (Å²) in [6.07, 6.45) is -2.76. The number of ether oxygens (including phenoxy) is 2. The average Bonchev–Trinajstić information content (AvgIpc) is 2.32. The van der Waals surface area contributed by atoms with Gasteiger partial charge in [0, 0.05) is 0 Å². The summed E-state index contributed by atoms with van der Waals surface area (Å²) < 4.78 is 8.97. The van der Waals surface area contributed by atoms with Crippen molar-refractivity contribution in [1.82, 2.24) is 0 Å². The van der Waals surface area contributed by atoms with Gasteiger partial charge in [0.25, 0.3) is 0 Å². The lowest BCUT2D eigenvalue weighted by Crippen LogP contribution is -2.36. The minimum atomic E-state index is -1.38. The molecule has 1 rings (SSSR count). The number of carboxylic acid groups (broad SMARTS) is 2. The Morgan fingerprint density at radius 2 is 1.45 bits per heavy atom. The maximum absolute atomic E-state index is 10.2. The summed E-state index contributed by atoms with van der Waals surface area (Å²) in [5.41, 5.74) is 0. The Kier molecular flexibility index (Phi) is 2.06.